The van der Waals surface area contributed by atoms with Crippen molar-refractivity contribution in [2.45, 2.75) is 26.2 Å². The summed E-state index contributed by atoms with van der Waals surface area (Å²) in [6.45, 7) is 2.08. The smallest absolute Gasteiger partial charge is 0.356 e. The van der Waals surface area contributed by atoms with Gasteiger partial charge in [-0.25, -0.2) is 9.78 Å². The molecule has 3 nitrogen and oxygen atoms in total. The first-order valence-corrected chi connectivity index (χ1v) is 5.79. The Labute approximate surface area is 105 Å². The Morgan fingerprint density at radius 1 is 1.50 bits per heavy atom. The fourth-order valence-corrected chi connectivity index (χ4v) is 1.92. The molecule has 1 aromatic heterocycles. The second kappa shape index (κ2) is 6.06. The van der Waals surface area contributed by atoms with Crippen LogP contribution in [0, 0.1) is 0 Å². The van der Waals surface area contributed by atoms with Gasteiger partial charge in [-0.05, 0) is 18.9 Å². The molecule has 0 saturated heterocycles. The molecule has 16 heavy (non-hydrogen) atoms. The van der Waals surface area contributed by atoms with Crippen LogP contribution in [0.1, 0.15) is 35.8 Å². The lowest BCUT2D eigenvalue weighted by Crippen LogP contribution is -2.06. The largest absolute Gasteiger partial charge is 0.464 e. The molecule has 0 fully saturated rings. The lowest BCUT2D eigenvalue weighted by atomic mass is 10.1. The van der Waals surface area contributed by atoms with Crippen molar-refractivity contribution < 1.29 is 9.53 Å². The Kier molecular flexibility index (Phi) is 5.03. The Hall–Kier alpha value is -0.800. The molecule has 0 radical (unpaired) electrons. The summed E-state index contributed by atoms with van der Waals surface area (Å²) in [5.74, 6) is -0.536. The number of unbranched alkanes of at least 4 members (excludes halogenated alkanes) is 1. The van der Waals surface area contributed by atoms with Crippen LogP contribution in [0.4, 0.5) is 0 Å². The summed E-state index contributed by atoms with van der Waals surface area (Å²) in [5.41, 5.74) is 0.926. The average Bonchev–Trinajstić information content (AvgIpc) is 2.26. The summed E-state index contributed by atoms with van der Waals surface area (Å²) in [4.78, 5) is 15.2. The monoisotopic (exact) mass is 261 g/mol. The van der Waals surface area contributed by atoms with Crippen LogP contribution in [-0.2, 0) is 11.2 Å². The van der Waals surface area contributed by atoms with E-state index >= 15 is 0 Å². The van der Waals surface area contributed by atoms with Crippen molar-refractivity contribution in [1.82, 2.24) is 4.98 Å². The molecule has 0 spiro atoms. The Bertz CT molecular complexity index is 371. The van der Waals surface area contributed by atoms with E-state index in [1.54, 1.807) is 0 Å². The van der Waals surface area contributed by atoms with Gasteiger partial charge in [0, 0.05) is 10.6 Å². The summed E-state index contributed by atoms with van der Waals surface area (Å²) in [6, 6.07) is 1.49. The van der Waals surface area contributed by atoms with Crippen LogP contribution in [0.25, 0.3) is 0 Å². The van der Waals surface area contributed by atoms with E-state index in [9.17, 15) is 4.79 Å². The average molecular weight is 262 g/mol. The van der Waals surface area contributed by atoms with E-state index in [2.05, 4.69) is 16.6 Å². The lowest BCUT2D eigenvalue weighted by molar-refractivity contribution is 0.0594. The number of nitrogens with zero attached hydrogens (tertiary/aromatic N) is 1. The van der Waals surface area contributed by atoms with Crippen molar-refractivity contribution in [1.29, 1.82) is 0 Å². The molecular formula is C11H13Cl2NO2. The third kappa shape index (κ3) is 3.09. The minimum absolute atomic E-state index is 0.137. The van der Waals surface area contributed by atoms with Crippen molar-refractivity contribution in [3.8, 4) is 0 Å². The van der Waals surface area contributed by atoms with Gasteiger partial charge < -0.3 is 4.74 Å². The molecule has 1 rings (SSSR count). The summed E-state index contributed by atoms with van der Waals surface area (Å²) >= 11 is 12.0. The van der Waals surface area contributed by atoms with Gasteiger partial charge in [0.25, 0.3) is 0 Å². The van der Waals surface area contributed by atoms with E-state index in [-0.39, 0.29) is 10.8 Å². The predicted octanol–water partition coefficient (Wildman–Crippen LogP) is 3.52. The number of pyridine rings is 1. The highest BCUT2D eigenvalue weighted by Crippen LogP contribution is 2.25. The number of ether oxygens (including phenoxy) is 1. The minimum atomic E-state index is -0.536. The molecule has 1 aromatic rings. The molecule has 0 aliphatic rings. The van der Waals surface area contributed by atoms with Gasteiger partial charge in [-0.3, -0.25) is 0 Å². The van der Waals surface area contributed by atoms with Crippen molar-refractivity contribution in [3.05, 3.63) is 27.5 Å². The molecule has 88 valence electrons. The highest BCUT2D eigenvalue weighted by Gasteiger charge is 2.14. The SMILES string of the molecule is CCCCc1c(Cl)cc(C(=O)OC)nc1Cl. The first kappa shape index (κ1) is 13.3. The molecule has 0 aromatic carbocycles. The molecule has 5 heteroatoms. The van der Waals surface area contributed by atoms with Crippen LogP contribution < -0.4 is 0 Å². The molecule has 0 amide bonds. The number of halogens is 2. The number of hydrogen-bond acceptors (Lipinski definition) is 3. The lowest BCUT2D eigenvalue weighted by Gasteiger charge is -2.07. The minimum Gasteiger partial charge on any atom is -0.464 e. The third-order valence-electron chi connectivity index (χ3n) is 2.19. The Balaban J connectivity index is 3.02. The number of carbonyl (C=O) groups is 1. The Morgan fingerprint density at radius 2 is 2.19 bits per heavy atom. The molecule has 0 N–H and O–H groups in total. The molecule has 0 aliphatic carbocycles. The van der Waals surface area contributed by atoms with Gasteiger partial charge in [0.2, 0.25) is 0 Å². The van der Waals surface area contributed by atoms with Crippen molar-refractivity contribution in [2.24, 2.45) is 0 Å². The zero-order valence-corrected chi connectivity index (χ0v) is 10.7. The van der Waals surface area contributed by atoms with Gasteiger partial charge >= 0.3 is 5.97 Å². The normalized spacial score (nSPS) is 10.2. The number of esters is 1. The van der Waals surface area contributed by atoms with Crippen LogP contribution >= 0.6 is 23.2 Å². The van der Waals surface area contributed by atoms with E-state index in [1.165, 1.54) is 13.2 Å². The summed E-state index contributed by atoms with van der Waals surface area (Å²) in [6.07, 6.45) is 2.80. The number of hydrogen-bond donors (Lipinski definition) is 0. The molecular weight excluding hydrogens is 249 g/mol. The molecule has 0 unspecified atom stereocenters. The molecule has 1 heterocycles. The number of carbonyl (C=O) groups excluding carboxylic acids is 1. The quantitative estimate of drug-likeness (QED) is 0.615. The van der Waals surface area contributed by atoms with E-state index < -0.39 is 5.97 Å². The number of methoxy groups -OCH3 is 1. The molecule has 0 saturated carbocycles. The van der Waals surface area contributed by atoms with Gasteiger partial charge in [-0.1, -0.05) is 36.5 Å². The zero-order chi connectivity index (χ0) is 12.1. The van der Waals surface area contributed by atoms with Crippen LogP contribution in [-0.4, -0.2) is 18.1 Å². The third-order valence-corrected chi connectivity index (χ3v) is 2.84. The Morgan fingerprint density at radius 3 is 2.69 bits per heavy atom. The van der Waals surface area contributed by atoms with Gasteiger partial charge in [0.1, 0.15) is 5.15 Å². The molecule has 0 aliphatic heterocycles. The van der Waals surface area contributed by atoms with Gasteiger partial charge in [0.05, 0.1) is 7.11 Å². The van der Waals surface area contributed by atoms with Crippen molar-refractivity contribution in [2.75, 3.05) is 7.11 Å². The first-order chi connectivity index (χ1) is 7.60. The van der Waals surface area contributed by atoms with E-state index in [0.29, 0.717) is 5.02 Å². The first-order valence-electron chi connectivity index (χ1n) is 5.03. The molecule has 0 bridgehead atoms. The van der Waals surface area contributed by atoms with Crippen LogP contribution in [0.3, 0.4) is 0 Å². The van der Waals surface area contributed by atoms with Crippen LogP contribution in [0.15, 0.2) is 6.07 Å². The summed E-state index contributed by atoms with van der Waals surface area (Å²) in [7, 11) is 1.29. The second-order valence-electron chi connectivity index (χ2n) is 3.35. The topological polar surface area (TPSA) is 39.2 Å². The summed E-state index contributed by atoms with van der Waals surface area (Å²) in [5, 5.41) is 0.746. The van der Waals surface area contributed by atoms with E-state index in [0.717, 1.165) is 24.8 Å². The maximum Gasteiger partial charge on any atom is 0.356 e. The fourth-order valence-electron chi connectivity index (χ4n) is 1.30. The van der Waals surface area contributed by atoms with Gasteiger partial charge in [-0.2, -0.15) is 0 Å². The maximum absolute atomic E-state index is 11.2. The van der Waals surface area contributed by atoms with Crippen molar-refractivity contribution >= 4 is 29.2 Å². The summed E-state index contributed by atoms with van der Waals surface area (Å²) < 4.78 is 4.55. The zero-order valence-electron chi connectivity index (χ0n) is 9.22. The number of rotatable bonds is 4. The predicted molar refractivity (Wildman–Crippen MR) is 64.2 cm³/mol. The van der Waals surface area contributed by atoms with Crippen molar-refractivity contribution in [3.63, 3.8) is 0 Å². The van der Waals surface area contributed by atoms with Crippen LogP contribution in [0.2, 0.25) is 10.2 Å². The fraction of sp³-hybridized carbons (Fsp3) is 0.455. The highest BCUT2D eigenvalue weighted by molar-refractivity contribution is 6.35. The van der Waals surface area contributed by atoms with Gasteiger partial charge in [0.15, 0.2) is 5.69 Å². The maximum atomic E-state index is 11.2. The standard InChI is InChI=1S/C11H13Cl2NO2/c1-3-4-5-7-8(12)6-9(11(15)16-2)14-10(7)13/h6H,3-5H2,1-2H3. The molecule has 0 atom stereocenters. The van der Waals surface area contributed by atoms with Crippen LogP contribution in [0.5, 0.6) is 0 Å². The van der Waals surface area contributed by atoms with E-state index in [4.69, 9.17) is 23.2 Å². The number of aromatic nitrogens is 1. The second-order valence-corrected chi connectivity index (χ2v) is 4.12. The van der Waals surface area contributed by atoms with Gasteiger partial charge in [-0.15, -0.1) is 0 Å². The van der Waals surface area contributed by atoms with E-state index in [1.807, 2.05) is 0 Å². The highest BCUT2D eigenvalue weighted by atomic mass is 35.5.